The summed E-state index contributed by atoms with van der Waals surface area (Å²) in [6.07, 6.45) is 2.11. The number of benzene rings is 2. The molecule has 2 unspecified atom stereocenters. The first-order chi connectivity index (χ1) is 12.6. The number of halogens is 2. The second kappa shape index (κ2) is 8.51. The first-order valence-corrected chi connectivity index (χ1v) is 8.75. The predicted molar refractivity (Wildman–Crippen MR) is 103 cm³/mol. The van der Waals surface area contributed by atoms with Crippen LogP contribution in [0.1, 0.15) is 23.6 Å². The van der Waals surface area contributed by atoms with Crippen molar-refractivity contribution in [2.24, 2.45) is 5.10 Å². The average molecular weight is 393 g/mol. The van der Waals surface area contributed by atoms with Gasteiger partial charge in [-0.2, -0.15) is 5.10 Å². The Bertz CT molecular complexity index is 829. The molecule has 0 spiro atoms. The van der Waals surface area contributed by atoms with Crippen molar-refractivity contribution in [2.75, 3.05) is 7.11 Å². The Kier molecular flexibility index (Phi) is 6.11. The van der Waals surface area contributed by atoms with E-state index in [1.807, 2.05) is 30.3 Å². The van der Waals surface area contributed by atoms with Gasteiger partial charge in [-0.25, -0.2) is 16.3 Å². The van der Waals surface area contributed by atoms with Gasteiger partial charge in [0, 0.05) is 16.1 Å². The van der Waals surface area contributed by atoms with Gasteiger partial charge in [0.15, 0.2) is 0 Å². The molecule has 6 nitrogen and oxygen atoms in total. The topological polar surface area (TPSA) is 74.8 Å². The summed E-state index contributed by atoms with van der Waals surface area (Å²) in [6, 6.07) is 12.2. The molecule has 1 heterocycles. The molecule has 8 heteroatoms. The summed E-state index contributed by atoms with van der Waals surface area (Å²) in [4.78, 5) is 12.3. The summed E-state index contributed by atoms with van der Waals surface area (Å²) in [6.45, 7) is 0. The molecule has 2 aromatic rings. The molecule has 136 valence electrons. The van der Waals surface area contributed by atoms with Gasteiger partial charge in [-0.05, 0) is 41.8 Å². The molecule has 3 rings (SSSR count). The molecule has 0 saturated carbocycles. The average Bonchev–Trinajstić information content (AvgIpc) is 3.11. The standard InChI is InChI=1S/C18H18Cl2N4O2/c1-26-13-4-2-3-11(7-13)10-21-24-18(25)17-9-16(22-23-17)14-6-5-12(19)8-15(14)20/h2-8,10,16-17,22-23H,9H2,1H3,(H,24,25)/b21-10+. The van der Waals surface area contributed by atoms with Crippen LogP contribution in [0.4, 0.5) is 0 Å². The van der Waals surface area contributed by atoms with Gasteiger partial charge in [0.25, 0.3) is 5.91 Å². The number of ether oxygens (including phenoxy) is 1. The molecule has 1 amide bonds. The van der Waals surface area contributed by atoms with Crippen molar-refractivity contribution in [2.45, 2.75) is 18.5 Å². The first-order valence-electron chi connectivity index (χ1n) is 8.00. The highest BCUT2D eigenvalue weighted by Crippen LogP contribution is 2.30. The summed E-state index contributed by atoms with van der Waals surface area (Å²) in [7, 11) is 1.60. The molecule has 3 N–H and O–H groups in total. The van der Waals surface area contributed by atoms with Crippen molar-refractivity contribution in [3.05, 3.63) is 63.6 Å². The summed E-state index contributed by atoms with van der Waals surface area (Å²) >= 11 is 12.1. The third kappa shape index (κ3) is 4.53. The lowest BCUT2D eigenvalue weighted by Gasteiger charge is -2.11. The van der Waals surface area contributed by atoms with Gasteiger partial charge in [0.1, 0.15) is 11.8 Å². The molecule has 0 aliphatic carbocycles. The third-order valence-corrected chi connectivity index (χ3v) is 4.60. The molecule has 26 heavy (non-hydrogen) atoms. The van der Waals surface area contributed by atoms with E-state index >= 15 is 0 Å². The SMILES string of the molecule is COc1cccc(/C=N/NC(=O)C2CC(c3ccc(Cl)cc3Cl)NN2)c1. The highest BCUT2D eigenvalue weighted by atomic mass is 35.5. The first kappa shape index (κ1) is 18.7. The van der Waals surface area contributed by atoms with Crippen molar-refractivity contribution in [3.8, 4) is 5.75 Å². The second-order valence-electron chi connectivity index (χ2n) is 5.81. The van der Waals surface area contributed by atoms with Crippen molar-refractivity contribution in [1.29, 1.82) is 0 Å². The monoisotopic (exact) mass is 392 g/mol. The number of methoxy groups -OCH3 is 1. The van der Waals surface area contributed by atoms with Crippen molar-refractivity contribution in [3.63, 3.8) is 0 Å². The Morgan fingerprint density at radius 3 is 2.88 bits per heavy atom. The van der Waals surface area contributed by atoms with Gasteiger partial charge in [-0.1, -0.05) is 41.4 Å². The number of carbonyl (C=O) groups is 1. The van der Waals surface area contributed by atoms with Crippen LogP contribution in [0.5, 0.6) is 5.75 Å². The number of carbonyl (C=O) groups excluding carboxylic acids is 1. The molecule has 0 aromatic heterocycles. The van der Waals surface area contributed by atoms with Gasteiger partial charge in [-0.15, -0.1) is 0 Å². The van der Waals surface area contributed by atoms with Gasteiger partial charge in [0.2, 0.25) is 0 Å². The molecule has 2 aromatic carbocycles. The van der Waals surface area contributed by atoms with Gasteiger partial charge >= 0.3 is 0 Å². The minimum atomic E-state index is -0.422. The van der Waals surface area contributed by atoms with E-state index < -0.39 is 6.04 Å². The fourth-order valence-corrected chi connectivity index (χ4v) is 3.23. The van der Waals surface area contributed by atoms with E-state index in [2.05, 4.69) is 21.4 Å². The third-order valence-electron chi connectivity index (χ3n) is 4.04. The molecule has 1 saturated heterocycles. The number of hydrogen-bond acceptors (Lipinski definition) is 5. The van der Waals surface area contributed by atoms with E-state index in [0.717, 1.165) is 16.9 Å². The number of hydrazine groups is 1. The number of nitrogens with zero attached hydrogens (tertiary/aromatic N) is 1. The Morgan fingerprint density at radius 1 is 1.27 bits per heavy atom. The summed E-state index contributed by atoms with van der Waals surface area (Å²) < 4.78 is 5.15. The Hall–Kier alpha value is -2.12. The quantitative estimate of drug-likeness (QED) is 0.539. The molecule has 1 fully saturated rings. The minimum absolute atomic E-state index is 0.0853. The van der Waals surface area contributed by atoms with Crippen molar-refractivity contribution >= 4 is 35.3 Å². The van der Waals surface area contributed by atoms with E-state index in [1.54, 1.807) is 25.5 Å². The van der Waals surface area contributed by atoms with Gasteiger partial charge in [0.05, 0.1) is 13.3 Å². The normalized spacial score (nSPS) is 19.7. The fraction of sp³-hybridized carbons (Fsp3) is 0.222. The smallest absolute Gasteiger partial charge is 0.258 e. The van der Waals surface area contributed by atoms with Gasteiger partial charge in [-0.3, -0.25) is 4.79 Å². The van der Waals surface area contributed by atoms with Gasteiger partial charge < -0.3 is 4.74 Å². The van der Waals surface area contributed by atoms with Crippen LogP contribution in [0.15, 0.2) is 47.6 Å². The summed E-state index contributed by atoms with van der Waals surface area (Å²) in [5, 5.41) is 5.14. The number of nitrogens with one attached hydrogen (secondary N) is 3. The molecule has 1 aliphatic heterocycles. The highest BCUT2D eigenvalue weighted by Gasteiger charge is 2.31. The number of hydrazone groups is 1. The maximum Gasteiger partial charge on any atom is 0.258 e. The maximum absolute atomic E-state index is 12.3. The molecule has 0 radical (unpaired) electrons. The van der Waals surface area contributed by atoms with Crippen LogP contribution in [0, 0.1) is 0 Å². The zero-order valence-corrected chi connectivity index (χ0v) is 15.5. The lowest BCUT2D eigenvalue weighted by atomic mass is 10.0. The van der Waals surface area contributed by atoms with Crippen LogP contribution in [0.2, 0.25) is 10.0 Å². The van der Waals surface area contributed by atoms with Crippen LogP contribution >= 0.6 is 23.2 Å². The number of amides is 1. The number of rotatable bonds is 5. The van der Waals surface area contributed by atoms with E-state index in [9.17, 15) is 4.79 Å². The van der Waals surface area contributed by atoms with Crippen molar-refractivity contribution in [1.82, 2.24) is 16.3 Å². The highest BCUT2D eigenvalue weighted by molar-refractivity contribution is 6.35. The predicted octanol–water partition coefficient (Wildman–Crippen LogP) is 3.06. The molecular weight excluding hydrogens is 375 g/mol. The largest absolute Gasteiger partial charge is 0.497 e. The van der Waals surface area contributed by atoms with Crippen LogP contribution in [0.25, 0.3) is 0 Å². The van der Waals surface area contributed by atoms with Crippen LogP contribution in [-0.4, -0.2) is 25.3 Å². The lowest BCUT2D eigenvalue weighted by molar-refractivity contribution is -0.122. The molecule has 1 aliphatic rings. The number of hydrogen-bond donors (Lipinski definition) is 3. The molecule has 0 bridgehead atoms. The Morgan fingerprint density at radius 2 is 2.12 bits per heavy atom. The van der Waals surface area contributed by atoms with Crippen LogP contribution in [-0.2, 0) is 4.79 Å². The van der Waals surface area contributed by atoms with Crippen molar-refractivity contribution < 1.29 is 9.53 Å². The Labute approximate surface area is 161 Å². The second-order valence-corrected chi connectivity index (χ2v) is 6.65. The van der Waals surface area contributed by atoms with E-state index in [1.165, 1.54) is 0 Å². The molecular formula is C18H18Cl2N4O2. The summed E-state index contributed by atoms with van der Waals surface area (Å²) in [5.41, 5.74) is 10.3. The maximum atomic E-state index is 12.3. The van der Waals surface area contributed by atoms with Crippen LogP contribution < -0.4 is 21.0 Å². The van der Waals surface area contributed by atoms with Crippen LogP contribution in [0.3, 0.4) is 0 Å². The Balaban J connectivity index is 1.56. The molecule has 2 atom stereocenters. The fourth-order valence-electron chi connectivity index (χ4n) is 2.69. The lowest BCUT2D eigenvalue weighted by Crippen LogP contribution is -2.41. The minimum Gasteiger partial charge on any atom is -0.497 e. The van der Waals surface area contributed by atoms with E-state index in [4.69, 9.17) is 27.9 Å². The zero-order chi connectivity index (χ0) is 18.5. The van der Waals surface area contributed by atoms with E-state index in [-0.39, 0.29) is 11.9 Å². The summed E-state index contributed by atoms with van der Waals surface area (Å²) in [5.74, 6) is 0.494. The zero-order valence-electron chi connectivity index (χ0n) is 14.0. The van der Waals surface area contributed by atoms with E-state index in [0.29, 0.717) is 16.5 Å².